The van der Waals surface area contributed by atoms with Crippen molar-refractivity contribution < 1.29 is 0 Å². The largest absolute Gasteiger partial charge is 0.349 e. The van der Waals surface area contributed by atoms with Crippen molar-refractivity contribution in [3.05, 3.63) is 39.4 Å². The van der Waals surface area contributed by atoms with E-state index in [9.17, 15) is 9.59 Å². The molecule has 0 saturated heterocycles. The monoisotopic (exact) mass is 180 g/mol. The molecule has 1 N–H and O–H groups in total. The zero-order valence-corrected chi connectivity index (χ0v) is 6.28. The van der Waals surface area contributed by atoms with Gasteiger partial charge in [-0.2, -0.15) is 4.68 Å². The van der Waals surface area contributed by atoms with Gasteiger partial charge in [-0.3, -0.25) is 9.78 Å². The third-order valence-corrected chi connectivity index (χ3v) is 1.36. The maximum absolute atomic E-state index is 11.1. The first-order valence-corrected chi connectivity index (χ1v) is 3.33. The topological polar surface area (TPSA) is 98.5 Å². The first-order chi connectivity index (χ1) is 6.27. The van der Waals surface area contributed by atoms with Crippen molar-refractivity contribution in [3.8, 4) is 0 Å². The van der Waals surface area contributed by atoms with Gasteiger partial charge in [-0.1, -0.05) is 0 Å². The molecule has 0 aliphatic rings. The van der Waals surface area contributed by atoms with Gasteiger partial charge in [-0.05, 0) is 10.4 Å². The Hall–Kier alpha value is -2.25. The lowest BCUT2D eigenvalue weighted by molar-refractivity contribution is 0.517. The fourth-order valence-electron chi connectivity index (χ4n) is 0.827. The molecule has 0 fully saturated rings. The standard InChI is InChI=1S/C5H4N6O2/c12-4-1-2-10(5(13)7-4)11-3-6-8-9-11/h1-3H,(H,7,12,13). The number of aromatic amines is 1. The van der Waals surface area contributed by atoms with Crippen LogP contribution in [0.3, 0.4) is 0 Å². The maximum Gasteiger partial charge on any atom is 0.349 e. The Morgan fingerprint density at radius 2 is 2.23 bits per heavy atom. The number of hydrogen-bond donors (Lipinski definition) is 1. The van der Waals surface area contributed by atoms with Gasteiger partial charge >= 0.3 is 5.69 Å². The van der Waals surface area contributed by atoms with E-state index in [-0.39, 0.29) is 0 Å². The van der Waals surface area contributed by atoms with Crippen LogP contribution >= 0.6 is 0 Å². The second kappa shape index (κ2) is 2.66. The molecule has 66 valence electrons. The van der Waals surface area contributed by atoms with E-state index in [1.807, 2.05) is 0 Å². The molecule has 8 heteroatoms. The van der Waals surface area contributed by atoms with Crippen LogP contribution in [-0.2, 0) is 0 Å². The quantitative estimate of drug-likeness (QED) is 0.538. The van der Waals surface area contributed by atoms with Crippen molar-refractivity contribution >= 4 is 0 Å². The Labute approximate surface area is 70.4 Å². The first kappa shape index (κ1) is 7.40. The smallest absolute Gasteiger partial charge is 0.272 e. The van der Waals surface area contributed by atoms with Crippen molar-refractivity contribution in [2.24, 2.45) is 0 Å². The Balaban J connectivity index is 2.67. The Kier molecular flexibility index (Phi) is 1.51. The second-order valence-electron chi connectivity index (χ2n) is 2.18. The van der Waals surface area contributed by atoms with E-state index in [1.165, 1.54) is 18.6 Å². The van der Waals surface area contributed by atoms with Crippen LogP contribution in [0.4, 0.5) is 0 Å². The summed E-state index contributed by atoms with van der Waals surface area (Å²) in [5, 5.41) is 10.2. The number of aromatic nitrogens is 6. The predicted molar refractivity (Wildman–Crippen MR) is 39.9 cm³/mol. The summed E-state index contributed by atoms with van der Waals surface area (Å²) in [5.74, 6) is 0. The molecule has 0 atom stereocenters. The van der Waals surface area contributed by atoms with Gasteiger partial charge < -0.3 is 0 Å². The number of nitrogens with zero attached hydrogens (tertiary/aromatic N) is 5. The van der Waals surface area contributed by atoms with Crippen molar-refractivity contribution in [3.63, 3.8) is 0 Å². The predicted octanol–water partition coefficient (Wildman–Crippen LogP) is -2.17. The molecule has 2 aromatic heterocycles. The van der Waals surface area contributed by atoms with E-state index in [2.05, 4.69) is 20.5 Å². The van der Waals surface area contributed by atoms with E-state index in [0.29, 0.717) is 0 Å². The molecule has 0 saturated carbocycles. The highest BCUT2D eigenvalue weighted by molar-refractivity contribution is 4.82. The van der Waals surface area contributed by atoms with Gasteiger partial charge in [0.25, 0.3) is 5.56 Å². The third kappa shape index (κ3) is 1.24. The highest BCUT2D eigenvalue weighted by Gasteiger charge is 1.98. The molecule has 0 unspecified atom stereocenters. The van der Waals surface area contributed by atoms with E-state index < -0.39 is 11.2 Å². The summed E-state index contributed by atoms with van der Waals surface area (Å²) < 4.78 is 1.06. The third-order valence-electron chi connectivity index (χ3n) is 1.36. The Bertz CT molecular complexity index is 508. The first-order valence-electron chi connectivity index (χ1n) is 3.33. The number of hydrogen-bond acceptors (Lipinski definition) is 5. The minimum Gasteiger partial charge on any atom is -0.272 e. The van der Waals surface area contributed by atoms with Gasteiger partial charge in [0.1, 0.15) is 0 Å². The highest BCUT2D eigenvalue weighted by atomic mass is 16.2. The molecule has 0 aliphatic carbocycles. The molecule has 0 aromatic carbocycles. The van der Waals surface area contributed by atoms with Crippen LogP contribution in [0.25, 0.3) is 0 Å². The lowest BCUT2D eigenvalue weighted by Gasteiger charge is -1.99. The zero-order valence-electron chi connectivity index (χ0n) is 6.28. The molecular weight excluding hydrogens is 176 g/mol. The fraction of sp³-hybridized carbons (Fsp3) is 0. The number of nitrogens with one attached hydrogen (secondary N) is 1. The molecule has 8 nitrogen and oxygen atoms in total. The summed E-state index contributed by atoms with van der Waals surface area (Å²) in [6.07, 6.45) is 2.51. The average molecular weight is 180 g/mol. The number of rotatable bonds is 1. The lowest BCUT2D eigenvalue weighted by atomic mass is 10.7. The summed E-state index contributed by atoms with van der Waals surface area (Å²) in [6.45, 7) is 0. The molecule has 0 spiro atoms. The maximum atomic E-state index is 11.1. The lowest BCUT2D eigenvalue weighted by Crippen LogP contribution is -2.32. The molecule has 0 aliphatic heterocycles. The van der Waals surface area contributed by atoms with E-state index in [4.69, 9.17) is 0 Å². The SMILES string of the molecule is O=c1ccn(-n2cnnn2)c(=O)[nH]1. The van der Waals surface area contributed by atoms with Gasteiger partial charge in [0.15, 0.2) is 6.33 Å². The highest BCUT2D eigenvalue weighted by Crippen LogP contribution is 1.75. The van der Waals surface area contributed by atoms with Crippen LogP contribution in [0.2, 0.25) is 0 Å². The summed E-state index contributed by atoms with van der Waals surface area (Å²) in [7, 11) is 0. The summed E-state index contributed by atoms with van der Waals surface area (Å²) >= 11 is 0. The van der Waals surface area contributed by atoms with E-state index in [1.54, 1.807) is 0 Å². The molecule has 0 radical (unpaired) electrons. The van der Waals surface area contributed by atoms with Crippen LogP contribution in [-0.4, -0.2) is 30.0 Å². The van der Waals surface area contributed by atoms with Gasteiger partial charge in [0.2, 0.25) is 0 Å². The Morgan fingerprint density at radius 3 is 2.85 bits per heavy atom. The molecule has 13 heavy (non-hydrogen) atoms. The van der Waals surface area contributed by atoms with Crippen LogP contribution in [0.5, 0.6) is 0 Å². The van der Waals surface area contributed by atoms with Gasteiger partial charge in [0, 0.05) is 12.3 Å². The zero-order chi connectivity index (χ0) is 9.26. The summed E-state index contributed by atoms with van der Waals surface area (Å²) in [4.78, 5) is 25.0. The molecule has 0 bridgehead atoms. The van der Waals surface area contributed by atoms with E-state index in [0.717, 1.165) is 9.47 Å². The Morgan fingerprint density at radius 1 is 1.38 bits per heavy atom. The van der Waals surface area contributed by atoms with Gasteiger partial charge in [-0.15, -0.1) is 9.89 Å². The van der Waals surface area contributed by atoms with Crippen molar-refractivity contribution in [2.75, 3.05) is 0 Å². The second-order valence-corrected chi connectivity index (χ2v) is 2.18. The minimum atomic E-state index is -0.597. The van der Waals surface area contributed by atoms with Gasteiger partial charge in [0.05, 0.1) is 0 Å². The summed E-state index contributed by atoms with van der Waals surface area (Å²) in [5.41, 5.74) is -1.06. The molecule has 2 aromatic rings. The van der Waals surface area contributed by atoms with E-state index >= 15 is 0 Å². The van der Waals surface area contributed by atoms with Crippen LogP contribution < -0.4 is 11.2 Å². The molecule has 2 heterocycles. The average Bonchev–Trinajstić information content (AvgIpc) is 2.56. The van der Waals surface area contributed by atoms with Crippen molar-refractivity contribution in [1.29, 1.82) is 0 Å². The summed E-state index contributed by atoms with van der Waals surface area (Å²) in [6, 6.07) is 1.20. The fourth-order valence-corrected chi connectivity index (χ4v) is 0.827. The van der Waals surface area contributed by atoms with Crippen LogP contribution in [0.1, 0.15) is 0 Å². The van der Waals surface area contributed by atoms with Gasteiger partial charge in [-0.25, -0.2) is 4.79 Å². The van der Waals surface area contributed by atoms with Crippen LogP contribution in [0, 0.1) is 0 Å². The molecular formula is C5H4N6O2. The van der Waals surface area contributed by atoms with Crippen molar-refractivity contribution in [2.45, 2.75) is 0 Å². The van der Waals surface area contributed by atoms with Crippen LogP contribution in [0.15, 0.2) is 28.2 Å². The number of tetrazole rings is 1. The number of H-pyrrole nitrogens is 1. The normalized spacial score (nSPS) is 10.2. The molecule has 0 amide bonds. The minimum absolute atomic E-state index is 0.464. The molecule has 2 rings (SSSR count). The van der Waals surface area contributed by atoms with Crippen molar-refractivity contribution in [1.82, 2.24) is 30.0 Å².